The summed E-state index contributed by atoms with van der Waals surface area (Å²) in [4.78, 5) is 2.38. The van der Waals surface area contributed by atoms with Gasteiger partial charge in [0.15, 0.2) is 0 Å². The summed E-state index contributed by atoms with van der Waals surface area (Å²) in [5, 5.41) is 2.85. The lowest BCUT2D eigenvalue weighted by atomic mass is 10.2. The maximum Gasteiger partial charge on any atom is 0.218 e. The highest BCUT2D eigenvalue weighted by molar-refractivity contribution is 7.89. The van der Waals surface area contributed by atoms with E-state index in [0.29, 0.717) is 31.7 Å². The summed E-state index contributed by atoms with van der Waals surface area (Å²) < 4.78 is 26.7. The molecule has 1 aliphatic rings. The molecule has 0 radical (unpaired) electrons. The van der Waals surface area contributed by atoms with Gasteiger partial charge in [0, 0.05) is 44.8 Å². The zero-order valence-corrected chi connectivity index (χ0v) is 14.4. The average molecular weight is 305 g/mol. The molecule has 2 unspecified atom stereocenters. The first kappa shape index (κ1) is 17.9. The zero-order valence-electron chi connectivity index (χ0n) is 13.6. The highest BCUT2D eigenvalue weighted by atomic mass is 32.2. The predicted molar refractivity (Wildman–Crippen MR) is 84.4 cm³/mol. The highest BCUT2D eigenvalue weighted by Gasteiger charge is 2.32. The van der Waals surface area contributed by atoms with Gasteiger partial charge in [0.1, 0.15) is 0 Å². The molecule has 1 N–H and O–H groups in total. The van der Waals surface area contributed by atoms with Crippen LogP contribution in [0.4, 0.5) is 0 Å². The Bertz CT molecular complexity index is 376. The van der Waals surface area contributed by atoms with Crippen molar-refractivity contribution >= 4 is 10.0 Å². The van der Waals surface area contributed by atoms with Gasteiger partial charge < -0.3 is 5.32 Å². The van der Waals surface area contributed by atoms with Crippen molar-refractivity contribution in [1.29, 1.82) is 0 Å². The topological polar surface area (TPSA) is 52.7 Å². The number of nitrogens with one attached hydrogen (secondary N) is 1. The minimum atomic E-state index is -3.17. The van der Waals surface area contributed by atoms with E-state index < -0.39 is 10.0 Å². The van der Waals surface area contributed by atoms with Crippen molar-refractivity contribution in [1.82, 2.24) is 14.5 Å². The lowest BCUT2D eigenvalue weighted by Crippen LogP contribution is -2.53. The molecule has 20 heavy (non-hydrogen) atoms. The summed E-state index contributed by atoms with van der Waals surface area (Å²) in [6.07, 6.45) is 1.11. The molecule has 5 nitrogen and oxygen atoms in total. The number of sulfonamides is 1. The normalized spacial score (nSPS) is 22.1. The van der Waals surface area contributed by atoms with Gasteiger partial charge in [-0.25, -0.2) is 8.42 Å². The standard InChI is InChI=1S/C14H31N3O2S/c1-6-13(4)16-7-9-17(10-8-16)20(18,19)14(5)11-15-12(2)3/h12-15H,6-11H2,1-5H3. The van der Waals surface area contributed by atoms with Crippen molar-refractivity contribution < 1.29 is 8.42 Å². The Hall–Kier alpha value is -0.170. The maximum absolute atomic E-state index is 12.5. The molecule has 6 heteroatoms. The van der Waals surface area contributed by atoms with Crippen molar-refractivity contribution in [2.75, 3.05) is 32.7 Å². The van der Waals surface area contributed by atoms with Crippen molar-refractivity contribution in [3.8, 4) is 0 Å². The molecule has 120 valence electrons. The Kier molecular flexibility index (Phi) is 6.91. The van der Waals surface area contributed by atoms with Crippen molar-refractivity contribution in [3.63, 3.8) is 0 Å². The summed E-state index contributed by atoms with van der Waals surface area (Å²) in [7, 11) is -3.17. The minimum absolute atomic E-state index is 0.315. The van der Waals surface area contributed by atoms with E-state index in [1.54, 1.807) is 11.2 Å². The second-order valence-electron chi connectivity index (χ2n) is 6.11. The Balaban J connectivity index is 2.54. The third-order valence-corrected chi connectivity index (χ3v) is 6.44. The van der Waals surface area contributed by atoms with Crippen LogP contribution >= 0.6 is 0 Å². The lowest BCUT2D eigenvalue weighted by Gasteiger charge is -2.38. The maximum atomic E-state index is 12.5. The van der Waals surface area contributed by atoms with Crippen LogP contribution in [-0.2, 0) is 10.0 Å². The molecule has 0 aliphatic carbocycles. The van der Waals surface area contributed by atoms with E-state index in [4.69, 9.17) is 0 Å². The van der Waals surface area contributed by atoms with Crippen LogP contribution in [0.15, 0.2) is 0 Å². The van der Waals surface area contributed by atoms with E-state index >= 15 is 0 Å². The Morgan fingerprint density at radius 1 is 1.05 bits per heavy atom. The SMILES string of the molecule is CCC(C)N1CCN(S(=O)(=O)C(C)CNC(C)C)CC1. The Morgan fingerprint density at radius 3 is 2.05 bits per heavy atom. The van der Waals surface area contributed by atoms with Crippen LogP contribution in [0, 0.1) is 0 Å². The van der Waals surface area contributed by atoms with Gasteiger partial charge >= 0.3 is 0 Å². The van der Waals surface area contributed by atoms with Gasteiger partial charge in [-0.1, -0.05) is 20.8 Å². The van der Waals surface area contributed by atoms with Crippen LogP contribution in [0.3, 0.4) is 0 Å². The van der Waals surface area contributed by atoms with Gasteiger partial charge in [0.2, 0.25) is 10.0 Å². The first-order valence-electron chi connectivity index (χ1n) is 7.75. The van der Waals surface area contributed by atoms with Gasteiger partial charge in [-0.05, 0) is 20.3 Å². The van der Waals surface area contributed by atoms with Gasteiger partial charge in [-0.3, -0.25) is 4.90 Å². The van der Waals surface area contributed by atoms with E-state index in [-0.39, 0.29) is 5.25 Å². The molecule has 1 heterocycles. The van der Waals surface area contributed by atoms with Crippen molar-refractivity contribution in [2.45, 2.75) is 58.4 Å². The van der Waals surface area contributed by atoms with Crippen molar-refractivity contribution in [3.05, 3.63) is 0 Å². The smallest absolute Gasteiger partial charge is 0.218 e. The highest BCUT2D eigenvalue weighted by Crippen LogP contribution is 2.15. The predicted octanol–water partition coefficient (Wildman–Crippen LogP) is 1.12. The fourth-order valence-corrected chi connectivity index (χ4v) is 3.91. The third kappa shape index (κ3) is 4.69. The quantitative estimate of drug-likeness (QED) is 0.766. The summed E-state index contributed by atoms with van der Waals surface area (Å²) >= 11 is 0. The summed E-state index contributed by atoms with van der Waals surface area (Å²) in [6, 6.07) is 0.856. The van der Waals surface area contributed by atoms with Crippen LogP contribution in [0.1, 0.15) is 41.0 Å². The molecule has 1 saturated heterocycles. The van der Waals surface area contributed by atoms with Crippen LogP contribution in [0.5, 0.6) is 0 Å². The number of hydrogen-bond donors (Lipinski definition) is 1. The molecule has 0 aromatic heterocycles. The summed E-state index contributed by atoms with van der Waals surface area (Å²) in [5.41, 5.74) is 0. The molecule has 1 fully saturated rings. The molecule has 0 amide bonds. The van der Waals surface area contributed by atoms with Crippen LogP contribution in [0.2, 0.25) is 0 Å². The molecule has 1 rings (SSSR count). The van der Waals surface area contributed by atoms with Gasteiger partial charge in [-0.15, -0.1) is 0 Å². The van der Waals surface area contributed by atoms with Gasteiger partial charge in [-0.2, -0.15) is 4.31 Å². The Morgan fingerprint density at radius 2 is 1.60 bits per heavy atom. The monoisotopic (exact) mass is 305 g/mol. The summed E-state index contributed by atoms with van der Waals surface area (Å²) in [5.74, 6) is 0. The van der Waals surface area contributed by atoms with Gasteiger partial charge in [0.05, 0.1) is 5.25 Å². The minimum Gasteiger partial charge on any atom is -0.313 e. The molecule has 0 spiro atoms. The number of hydrogen-bond acceptors (Lipinski definition) is 4. The van der Waals surface area contributed by atoms with Crippen LogP contribution in [-0.4, -0.2) is 67.7 Å². The van der Waals surface area contributed by atoms with Gasteiger partial charge in [0.25, 0.3) is 0 Å². The summed E-state index contributed by atoms with van der Waals surface area (Å²) in [6.45, 7) is 13.7. The molecular weight excluding hydrogens is 274 g/mol. The van der Waals surface area contributed by atoms with E-state index in [1.165, 1.54) is 0 Å². The van der Waals surface area contributed by atoms with Crippen molar-refractivity contribution in [2.24, 2.45) is 0 Å². The largest absolute Gasteiger partial charge is 0.313 e. The number of nitrogens with zero attached hydrogens (tertiary/aromatic N) is 2. The van der Waals surface area contributed by atoms with E-state index in [9.17, 15) is 8.42 Å². The molecular formula is C14H31N3O2S. The molecule has 0 saturated carbocycles. The van der Waals surface area contributed by atoms with E-state index in [2.05, 4.69) is 24.1 Å². The van der Waals surface area contributed by atoms with Crippen LogP contribution < -0.4 is 5.32 Å². The molecule has 2 atom stereocenters. The second kappa shape index (κ2) is 7.73. The fourth-order valence-electron chi connectivity index (χ4n) is 2.42. The molecule has 0 aromatic rings. The third-order valence-electron chi connectivity index (χ3n) is 4.17. The first-order valence-corrected chi connectivity index (χ1v) is 9.25. The van der Waals surface area contributed by atoms with E-state index in [1.807, 2.05) is 13.8 Å². The van der Waals surface area contributed by atoms with Crippen LogP contribution in [0.25, 0.3) is 0 Å². The fraction of sp³-hybridized carbons (Fsp3) is 1.00. The Labute approximate surface area is 124 Å². The van der Waals surface area contributed by atoms with E-state index in [0.717, 1.165) is 19.5 Å². The molecule has 0 aromatic carbocycles. The number of rotatable bonds is 7. The molecule has 0 bridgehead atoms. The molecule has 1 aliphatic heterocycles. The number of piperazine rings is 1. The lowest BCUT2D eigenvalue weighted by molar-refractivity contribution is 0.142. The average Bonchev–Trinajstić information content (AvgIpc) is 2.43. The zero-order chi connectivity index (χ0) is 15.3. The first-order chi connectivity index (χ1) is 9.28. The second-order valence-corrected chi connectivity index (χ2v) is 8.46.